The molecule has 0 spiro atoms. The van der Waals surface area contributed by atoms with Gasteiger partial charge in [0.1, 0.15) is 0 Å². The lowest BCUT2D eigenvalue weighted by molar-refractivity contribution is 0.103. The number of hydrogen-bond acceptors (Lipinski definition) is 2. The van der Waals surface area contributed by atoms with Crippen LogP contribution < -0.4 is 5.32 Å². The van der Waals surface area contributed by atoms with Gasteiger partial charge in [0.2, 0.25) is 0 Å². The van der Waals surface area contributed by atoms with E-state index in [1.165, 1.54) is 44.9 Å². The lowest BCUT2D eigenvalue weighted by Crippen LogP contribution is -2.33. The van der Waals surface area contributed by atoms with Gasteiger partial charge in [-0.1, -0.05) is 13.3 Å². The van der Waals surface area contributed by atoms with Crippen molar-refractivity contribution in [2.75, 3.05) is 13.2 Å². The zero-order valence-electron chi connectivity index (χ0n) is 10.0. The van der Waals surface area contributed by atoms with E-state index in [-0.39, 0.29) is 0 Å². The molecule has 2 atom stereocenters. The number of nitrogens with one attached hydrogen (secondary N) is 1. The monoisotopic (exact) mass is 211 g/mol. The van der Waals surface area contributed by atoms with Gasteiger partial charge < -0.3 is 10.1 Å². The van der Waals surface area contributed by atoms with Gasteiger partial charge in [-0.15, -0.1) is 0 Å². The van der Waals surface area contributed by atoms with E-state index in [1.54, 1.807) is 0 Å². The summed E-state index contributed by atoms with van der Waals surface area (Å²) in [5.41, 5.74) is 0. The molecule has 0 bridgehead atoms. The molecule has 2 fully saturated rings. The van der Waals surface area contributed by atoms with Gasteiger partial charge in [-0.3, -0.25) is 0 Å². The normalized spacial score (nSPS) is 28.2. The molecule has 2 aliphatic rings. The molecule has 15 heavy (non-hydrogen) atoms. The number of rotatable bonds is 7. The Morgan fingerprint density at radius 2 is 2.20 bits per heavy atom. The molecule has 0 radical (unpaired) electrons. The minimum absolute atomic E-state index is 0.555. The topological polar surface area (TPSA) is 21.3 Å². The molecule has 1 saturated carbocycles. The van der Waals surface area contributed by atoms with E-state index in [9.17, 15) is 0 Å². The second kappa shape index (κ2) is 5.86. The lowest BCUT2D eigenvalue weighted by atomic mass is 10.1. The zero-order valence-corrected chi connectivity index (χ0v) is 10.0. The summed E-state index contributed by atoms with van der Waals surface area (Å²) in [6.45, 7) is 4.44. The summed E-state index contributed by atoms with van der Waals surface area (Å²) in [6, 6.07) is 0.802. The largest absolute Gasteiger partial charge is 0.378 e. The fraction of sp³-hybridized carbons (Fsp3) is 1.00. The number of ether oxygens (including phenoxy) is 1. The maximum absolute atomic E-state index is 5.63. The molecule has 1 saturated heterocycles. The lowest BCUT2D eigenvalue weighted by Gasteiger charge is -2.18. The van der Waals surface area contributed by atoms with Gasteiger partial charge >= 0.3 is 0 Å². The summed E-state index contributed by atoms with van der Waals surface area (Å²) in [4.78, 5) is 0. The van der Waals surface area contributed by atoms with Crippen molar-refractivity contribution in [2.45, 2.75) is 64.0 Å². The highest BCUT2D eigenvalue weighted by Crippen LogP contribution is 2.34. The van der Waals surface area contributed by atoms with Gasteiger partial charge in [0.25, 0.3) is 0 Å². The standard InChI is InChI=1S/C13H25NO/c1-2-4-13(11-6-7-11)14-9-8-12-5-3-10-15-12/h11-14H,2-10H2,1H3. The average Bonchev–Trinajstić information content (AvgIpc) is 2.96. The van der Waals surface area contributed by atoms with Gasteiger partial charge in [0, 0.05) is 12.6 Å². The molecule has 2 rings (SSSR count). The quantitative estimate of drug-likeness (QED) is 0.699. The van der Waals surface area contributed by atoms with Crippen molar-refractivity contribution < 1.29 is 4.74 Å². The van der Waals surface area contributed by atoms with Crippen LogP contribution in [-0.2, 0) is 4.74 Å². The van der Waals surface area contributed by atoms with Crippen LogP contribution in [0.4, 0.5) is 0 Å². The molecule has 0 amide bonds. The highest BCUT2D eigenvalue weighted by atomic mass is 16.5. The average molecular weight is 211 g/mol. The fourth-order valence-corrected chi connectivity index (χ4v) is 2.62. The summed E-state index contributed by atoms with van der Waals surface area (Å²) in [5.74, 6) is 0.995. The minimum atomic E-state index is 0.555. The minimum Gasteiger partial charge on any atom is -0.378 e. The third-order valence-electron chi connectivity index (χ3n) is 3.69. The van der Waals surface area contributed by atoms with E-state index >= 15 is 0 Å². The Bertz CT molecular complexity index is 173. The number of hydrogen-bond donors (Lipinski definition) is 1. The second-order valence-electron chi connectivity index (χ2n) is 5.11. The first-order chi connectivity index (χ1) is 7.40. The van der Waals surface area contributed by atoms with Crippen LogP contribution in [0.15, 0.2) is 0 Å². The van der Waals surface area contributed by atoms with Crippen molar-refractivity contribution in [1.29, 1.82) is 0 Å². The molecule has 1 aliphatic heterocycles. The first kappa shape index (κ1) is 11.4. The molecule has 0 aromatic carbocycles. The molecule has 88 valence electrons. The highest BCUT2D eigenvalue weighted by Gasteiger charge is 2.30. The first-order valence-electron chi connectivity index (χ1n) is 6.75. The predicted octanol–water partition coefficient (Wildman–Crippen LogP) is 2.72. The van der Waals surface area contributed by atoms with E-state index < -0.39 is 0 Å². The van der Waals surface area contributed by atoms with Gasteiger partial charge in [-0.05, 0) is 51.0 Å². The van der Waals surface area contributed by atoms with Crippen LogP contribution >= 0.6 is 0 Å². The van der Waals surface area contributed by atoms with Crippen LogP contribution in [0.25, 0.3) is 0 Å². The zero-order chi connectivity index (χ0) is 10.5. The van der Waals surface area contributed by atoms with E-state index in [2.05, 4.69) is 12.2 Å². The van der Waals surface area contributed by atoms with Crippen LogP contribution in [0.3, 0.4) is 0 Å². The molecule has 2 heteroatoms. The molecule has 2 unspecified atom stereocenters. The third kappa shape index (κ3) is 3.76. The summed E-state index contributed by atoms with van der Waals surface area (Å²) in [7, 11) is 0. The highest BCUT2D eigenvalue weighted by molar-refractivity contribution is 4.86. The molecule has 0 aromatic heterocycles. The van der Waals surface area contributed by atoms with Gasteiger partial charge in [0.05, 0.1) is 6.10 Å². The van der Waals surface area contributed by atoms with Crippen molar-refractivity contribution in [3.63, 3.8) is 0 Å². The summed E-state index contributed by atoms with van der Waals surface area (Å²) < 4.78 is 5.63. The van der Waals surface area contributed by atoms with Crippen LogP contribution in [0.2, 0.25) is 0 Å². The van der Waals surface area contributed by atoms with E-state index in [4.69, 9.17) is 4.74 Å². The Kier molecular flexibility index (Phi) is 4.45. The Balaban J connectivity index is 1.57. The van der Waals surface area contributed by atoms with Crippen molar-refractivity contribution >= 4 is 0 Å². The first-order valence-corrected chi connectivity index (χ1v) is 6.75. The van der Waals surface area contributed by atoms with Crippen LogP contribution in [0.5, 0.6) is 0 Å². The predicted molar refractivity (Wildman–Crippen MR) is 63.0 cm³/mol. The summed E-state index contributed by atoms with van der Waals surface area (Å²) in [5, 5.41) is 3.73. The smallest absolute Gasteiger partial charge is 0.0588 e. The van der Waals surface area contributed by atoms with E-state index in [0.29, 0.717) is 6.10 Å². The molecular formula is C13H25NO. The second-order valence-corrected chi connectivity index (χ2v) is 5.11. The molecule has 0 aromatic rings. The van der Waals surface area contributed by atoms with Crippen molar-refractivity contribution in [1.82, 2.24) is 5.32 Å². The maximum atomic E-state index is 5.63. The van der Waals surface area contributed by atoms with E-state index in [0.717, 1.165) is 25.1 Å². The summed E-state index contributed by atoms with van der Waals surface area (Å²) >= 11 is 0. The van der Waals surface area contributed by atoms with Crippen molar-refractivity contribution in [2.24, 2.45) is 5.92 Å². The fourth-order valence-electron chi connectivity index (χ4n) is 2.62. The van der Waals surface area contributed by atoms with Crippen LogP contribution in [0.1, 0.15) is 51.9 Å². The molecule has 2 nitrogen and oxygen atoms in total. The third-order valence-corrected chi connectivity index (χ3v) is 3.69. The Hall–Kier alpha value is -0.0800. The molecule has 1 heterocycles. The van der Waals surface area contributed by atoms with Crippen LogP contribution in [0, 0.1) is 5.92 Å². The van der Waals surface area contributed by atoms with Gasteiger partial charge in [0.15, 0.2) is 0 Å². The van der Waals surface area contributed by atoms with Crippen LogP contribution in [-0.4, -0.2) is 25.3 Å². The van der Waals surface area contributed by atoms with E-state index in [1.807, 2.05) is 0 Å². The van der Waals surface area contributed by atoms with Gasteiger partial charge in [-0.2, -0.15) is 0 Å². The van der Waals surface area contributed by atoms with Crippen molar-refractivity contribution in [3.8, 4) is 0 Å². The Morgan fingerprint density at radius 3 is 2.80 bits per heavy atom. The Morgan fingerprint density at radius 1 is 1.33 bits per heavy atom. The molecular weight excluding hydrogens is 186 g/mol. The molecule has 1 aliphatic carbocycles. The SMILES string of the molecule is CCCC(NCCC1CCCO1)C1CC1. The molecule has 1 N–H and O–H groups in total. The summed E-state index contributed by atoms with van der Waals surface area (Å²) in [6.07, 6.45) is 9.90. The Labute approximate surface area is 93.8 Å². The van der Waals surface area contributed by atoms with Crippen molar-refractivity contribution in [3.05, 3.63) is 0 Å². The maximum Gasteiger partial charge on any atom is 0.0588 e. The van der Waals surface area contributed by atoms with Gasteiger partial charge in [-0.25, -0.2) is 0 Å².